The fourth-order valence-corrected chi connectivity index (χ4v) is 8.90. The Morgan fingerprint density at radius 3 is 2.46 bits per heavy atom. The number of carbonyl (C=O) groups is 3. The largest absolute Gasteiger partial charge is 0.506 e. The standard InChI is InChI=1S/C43H49NO8/c1-24(2)11-9-17-41(8)18-16-29-34(45)33-35(46)31-21-27-22-32-40(6,7)52-42(38(27)47,19-15-26(5)39(48)44-23-28-12-10-20-49-28)43(31,32)51-37(33)30(36(29)50-41)14-13-25(3)4/h10-13,15-16,18,20-21,27,32,45H,9,14,17,19,22-23H2,1-8H3,(H,44,48). The molecule has 1 amide bonds. The highest BCUT2D eigenvalue weighted by molar-refractivity contribution is 6.19. The number of Topliss-reactive ketones (excluding diaryl/α,β-unsaturated/α-hetero) is 2. The van der Waals surface area contributed by atoms with E-state index in [0.717, 1.165) is 12.0 Å². The van der Waals surface area contributed by atoms with Gasteiger partial charge in [-0.3, -0.25) is 14.4 Å². The third-order valence-electron chi connectivity index (χ3n) is 11.5. The molecular weight excluding hydrogens is 658 g/mol. The monoisotopic (exact) mass is 707 g/mol. The first-order valence-corrected chi connectivity index (χ1v) is 18.3. The molecule has 1 aromatic carbocycles. The molecule has 1 spiro atoms. The average Bonchev–Trinajstić information content (AvgIpc) is 3.65. The van der Waals surface area contributed by atoms with Gasteiger partial charge in [-0.05, 0) is 105 Å². The molecule has 9 heteroatoms. The van der Waals surface area contributed by atoms with E-state index >= 15 is 0 Å². The zero-order chi connectivity index (χ0) is 37.4. The molecule has 2 N–H and O–H groups in total. The number of benzene rings is 1. The van der Waals surface area contributed by atoms with Crippen LogP contribution < -0.4 is 14.8 Å². The molecule has 3 aliphatic heterocycles. The number of hydrogen-bond acceptors (Lipinski definition) is 8. The van der Waals surface area contributed by atoms with E-state index in [1.165, 1.54) is 5.57 Å². The molecule has 2 fully saturated rings. The Kier molecular flexibility index (Phi) is 8.60. The minimum Gasteiger partial charge on any atom is -0.506 e. The summed E-state index contributed by atoms with van der Waals surface area (Å²) in [5, 5.41) is 14.8. The number of rotatable bonds is 10. The summed E-state index contributed by atoms with van der Waals surface area (Å²) >= 11 is 0. The molecule has 4 heterocycles. The maximum absolute atomic E-state index is 14.9. The predicted octanol–water partition coefficient (Wildman–Crippen LogP) is 8.06. The number of aromatic hydroxyl groups is 1. The summed E-state index contributed by atoms with van der Waals surface area (Å²) in [6.07, 6.45) is 15.4. The second-order valence-corrected chi connectivity index (χ2v) is 16.2. The Bertz CT molecular complexity index is 2020. The number of ketones is 2. The second-order valence-electron chi connectivity index (χ2n) is 16.2. The molecule has 1 aromatic heterocycles. The molecule has 9 nitrogen and oxygen atoms in total. The van der Waals surface area contributed by atoms with Gasteiger partial charge >= 0.3 is 0 Å². The van der Waals surface area contributed by atoms with Gasteiger partial charge in [-0.25, -0.2) is 0 Å². The van der Waals surface area contributed by atoms with Crippen molar-refractivity contribution in [2.24, 2.45) is 11.8 Å². The van der Waals surface area contributed by atoms with Gasteiger partial charge in [0, 0.05) is 35.0 Å². The van der Waals surface area contributed by atoms with Crippen molar-refractivity contribution in [3.63, 3.8) is 0 Å². The highest BCUT2D eigenvalue weighted by Gasteiger charge is 2.81. The smallest absolute Gasteiger partial charge is 0.246 e. The van der Waals surface area contributed by atoms with Crippen LogP contribution in [0.25, 0.3) is 6.08 Å². The number of phenolic OH excluding ortho intramolecular Hbond substituents is 1. The lowest BCUT2D eigenvalue weighted by atomic mass is 9.51. The van der Waals surface area contributed by atoms with Gasteiger partial charge in [-0.15, -0.1) is 0 Å². The van der Waals surface area contributed by atoms with Crippen LogP contribution in [0.2, 0.25) is 0 Å². The van der Waals surface area contributed by atoms with E-state index in [9.17, 15) is 19.5 Å². The summed E-state index contributed by atoms with van der Waals surface area (Å²) in [5.74, 6) is -0.706. The van der Waals surface area contributed by atoms with Crippen LogP contribution in [0.5, 0.6) is 17.2 Å². The average molecular weight is 708 g/mol. The van der Waals surface area contributed by atoms with Gasteiger partial charge in [-0.1, -0.05) is 35.5 Å². The summed E-state index contributed by atoms with van der Waals surface area (Å²) < 4.78 is 26.3. The molecule has 5 unspecified atom stereocenters. The van der Waals surface area contributed by atoms with Crippen LogP contribution in [-0.4, -0.2) is 45.0 Å². The number of ether oxygens (including phenoxy) is 3. The summed E-state index contributed by atoms with van der Waals surface area (Å²) in [5.41, 5.74) is -0.456. The van der Waals surface area contributed by atoms with Crippen LogP contribution in [0.1, 0.15) is 108 Å². The lowest BCUT2D eigenvalue weighted by Crippen LogP contribution is -2.72. The molecule has 2 aromatic rings. The summed E-state index contributed by atoms with van der Waals surface area (Å²) in [6, 6.07) is 3.53. The van der Waals surface area contributed by atoms with Gasteiger partial charge in [0.05, 0.1) is 24.0 Å². The number of phenols is 1. The number of carbonyl (C=O) groups excluding carboxylic acids is 3. The lowest BCUT2D eigenvalue weighted by molar-refractivity contribution is -0.171. The first-order chi connectivity index (χ1) is 24.5. The van der Waals surface area contributed by atoms with Crippen LogP contribution in [0.3, 0.4) is 0 Å². The zero-order valence-electron chi connectivity index (χ0n) is 31.4. The van der Waals surface area contributed by atoms with Crippen molar-refractivity contribution in [1.29, 1.82) is 0 Å². The Morgan fingerprint density at radius 2 is 1.77 bits per heavy atom. The fraction of sp³-hybridized carbons (Fsp3) is 0.465. The normalized spacial score (nSPS) is 28.9. The van der Waals surface area contributed by atoms with E-state index in [2.05, 4.69) is 25.2 Å². The van der Waals surface area contributed by atoms with Crippen molar-refractivity contribution in [1.82, 2.24) is 5.32 Å². The molecule has 5 atom stereocenters. The van der Waals surface area contributed by atoms with Crippen molar-refractivity contribution < 1.29 is 38.1 Å². The van der Waals surface area contributed by atoms with E-state index in [0.29, 0.717) is 53.0 Å². The molecule has 8 rings (SSSR count). The molecule has 6 aliphatic rings. The first kappa shape index (κ1) is 35.8. The fourth-order valence-electron chi connectivity index (χ4n) is 8.90. The van der Waals surface area contributed by atoms with Crippen molar-refractivity contribution >= 4 is 23.5 Å². The lowest BCUT2D eigenvalue weighted by Gasteiger charge is -2.56. The third kappa shape index (κ3) is 5.42. The second kappa shape index (κ2) is 12.5. The number of amides is 1. The van der Waals surface area contributed by atoms with E-state index in [1.807, 2.05) is 52.8 Å². The molecule has 0 radical (unpaired) electrons. The summed E-state index contributed by atoms with van der Waals surface area (Å²) in [7, 11) is 0. The van der Waals surface area contributed by atoms with Gasteiger partial charge in [0.15, 0.2) is 22.8 Å². The molecule has 1 saturated heterocycles. The van der Waals surface area contributed by atoms with E-state index < -0.39 is 28.3 Å². The van der Waals surface area contributed by atoms with Crippen LogP contribution in [-0.2, 0) is 27.3 Å². The topological polar surface area (TPSA) is 124 Å². The zero-order valence-corrected chi connectivity index (χ0v) is 31.4. The van der Waals surface area contributed by atoms with Gasteiger partial charge < -0.3 is 29.1 Å². The third-order valence-corrected chi connectivity index (χ3v) is 11.5. The number of allylic oxidation sites excluding steroid dienone is 5. The minimum absolute atomic E-state index is 0.0180. The SMILES string of the molecule is CC(C)=CCCC1(C)C=Cc2c(O)c3c(c(CC=C(C)C)c2O1)OC12C(=CC4CC1C(C)(C)OC2(CC=C(C)C(=O)NCc1ccco1)C4=O)C3=O. The van der Waals surface area contributed by atoms with Crippen LogP contribution in [0.15, 0.2) is 75.5 Å². The molecule has 274 valence electrons. The Hall–Kier alpha value is -4.63. The molecule has 4 bridgehead atoms. The Labute approximate surface area is 305 Å². The van der Waals surface area contributed by atoms with Crippen molar-refractivity contribution in [3.8, 4) is 17.2 Å². The van der Waals surface area contributed by atoms with E-state index in [-0.39, 0.29) is 53.4 Å². The van der Waals surface area contributed by atoms with Gasteiger partial charge in [0.2, 0.25) is 5.91 Å². The minimum atomic E-state index is -1.59. The molecule has 3 aliphatic carbocycles. The quantitative estimate of drug-likeness (QED) is 0.188. The number of furan rings is 1. The number of nitrogens with one attached hydrogen (secondary N) is 1. The number of hydrogen-bond donors (Lipinski definition) is 2. The van der Waals surface area contributed by atoms with Gasteiger partial charge in [-0.2, -0.15) is 0 Å². The van der Waals surface area contributed by atoms with Crippen LogP contribution in [0.4, 0.5) is 0 Å². The molecule has 1 saturated carbocycles. The van der Waals surface area contributed by atoms with Crippen molar-refractivity contribution in [2.45, 2.75) is 116 Å². The maximum Gasteiger partial charge on any atom is 0.246 e. The van der Waals surface area contributed by atoms with Crippen LogP contribution >= 0.6 is 0 Å². The first-order valence-electron chi connectivity index (χ1n) is 18.3. The Balaban J connectivity index is 1.36. The maximum atomic E-state index is 14.9. The summed E-state index contributed by atoms with van der Waals surface area (Å²) in [4.78, 5) is 42.7. The van der Waals surface area contributed by atoms with Gasteiger partial charge in [0.1, 0.15) is 34.2 Å². The van der Waals surface area contributed by atoms with E-state index in [4.69, 9.17) is 18.6 Å². The highest BCUT2D eigenvalue weighted by atomic mass is 16.6. The Morgan fingerprint density at radius 1 is 1.02 bits per heavy atom. The van der Waals surface area contributed by atoms with Crippen molar-refractivity contribution in [3.05, 3.63) is 93.5 Å². The number of fused-ring (bicyclic) bond motifs is 2. The highest BCUT2D eigenvalue weighted by Crippen LogP contribution is 2.68. The predicted molar refractivity (Wildman–Crippen MR) is 197 cm³/mol. The van der Waals surface area contributed by atoms with Gasteiger partial charge in [0.25, 0.3) is 0 Å². The van der Waals surface area contributed by atoms with Crippen LogP contribution in [0, 0.1) is 11.8 Å². The van der Waals surface area contributed by atoms with E-state index in [1.54, 1.807) is 37.5 Å². The van der Waals surface area contributed by atoms with Crippen molar-refractivity contribution in [2.75, 3.05) is 0 Å². The molecular formula is C43H49NO8. The molecule has 52 heavy (non-hydrogen) atoms. The summed E-state index contributed by atoms with van der Waals surface area (Å²) in [6.45, 7) is 15.9.